The maximum absolute atomic E-state index is 5.44. The Kier molecular flexibility index (Phi) is 3.17. The van der Waals surface area contributed by atoms with E-state index in [0.717, 1.165) is 30.7 Å². The Morgan fingerprint density at radius 1 is 1.20 bits per heavy atom. The molecule has 25 heavy (non-hydrogen) atoms. The first-order chi connectivity index (χ1) is 12.3. The van der Waals surface area contributed by atoms with Gasteiger partial charge < -0.3 is 14.3 Å². The zero-order valence-corrected chi connectivity index (χ0v) is 14.1. The fourth-order valence-corrected chi connectivity index (χ4v) is 3.77. The molecule has 1 N–H and O–H groups in total. The molecule has 1 aromatic carbocycles. The summed E-state index contributed by atoms with van der Waals surface area (Å²) in [5, 5.41) is 2.37. The lowest BCUT2D eigenvalue weighted by atomic mass is 9.98. The van der Waals surface area contributed by atoms with Gasteiger partial charge in [0.05, 0.1) is 18.1 Å². The van der Waals surface area contributed by atoms with Crippen molar-refractivity contribution in [2.24, 2.45) is 0 Å². The minimum Gasteiger partial charge on any atom is -0.464 e. The van der Waals surface area contributed by atoms with Gasteiger partial charge in [0.25, 0.3) is 0 Å². The van der Waals surface area contributed by atoms with E-state index in [1.807, 2.05) is 18.5 Å². The summed E-state index contributed by atoms with van der Waals surface area (Å²) in [5.74, 6) is 0. The van der Waals surface area contributed by atoms with Gasteiger partial charge in [-0.1, -0.05) is 12.1 Å². The largest absolute Gasteiger partial charge is 0.464 e. The van der Waals surface area contributed by atoms with Gasteiger partial charge in [0.2, 0.25) is 0 Å². The van der Waals surface area contributed by atoms with Crippen LogP contribution in [-0.2, 0) is 0 Å². The van der Waals surface area contributed by atoms with Gasteiger partial charge in [-0.15, -0.1) is 0 Å². The number of anilines is 1. The van der Waals surface area contributed by atoms with E-state index >= 15 is 0 Å². The number of nitrogens with one attached hydrogen (secondary N) is 1. The van der Waals surface area contributed by atoms with Crippen LogP contribution in [0.5, 0.6) is 0 Å². The molecule has 1 aliphatic rings. The number of benzene rings is 1. The molecule has 4 nitrogen and oxygen atoms in total. The number of hydrogen-bond acceptors (Lipinski definition) is 3. The summed E-state index contributed by atoms with van der Waals surface area (Å²) in [4.78, 5) is 10.1. The SMILES string of the molecule is Cc1c(N2CC=C(c3ccc4occc4c3)CC2)cnc2[nH]ccc12. The molecule has 5 rings (SSSR count). The third kappa shape index (κ3) is 2.33. The molecular weight excluding hydrogens is 310 g/mol. The molecule has 0 spiro atoms. The van der Waals surface area contributed by atoms with Crippen molar-refractivity contribution in [2.45, 2.75) is 13.3 Å². The highest BCUT2D eigenvalue weighted by Gasteiger charge is 2.17. The van der Waals surface area contributed by atoms with Crippen LogP contribution < -0.4 is 4.90 Å². The van der Waals surface area contributed by atoms with Crippen LogP contribution >= 0.6 is 0 Å². The number of fused-ring (bicyclic) bond motifs is 2. The zero-order chi connectivity index (χ0) is 16.8. The molecule has 0 radical (unpaired) electrons. The molecule has 1 aliphatic heterocycles. The topological polar surface area (TPSA) is 45.1 Å². The average Bonchev–Trinajstić information content (AvgIpc) is 3.31. The number of hydrogen-bond donors (Lipinski definition) is 1. The predicted octanol–water partition coefficient (Wildman–Crippen LogP) is 4.91. The van der Waals surface area contributed by atoms with Crippen molar-refractivity contribution in [2.75, 3.05) is 18.0 Å². The van der Waals surface area contributed by atoms with Gasteiger partial charge in [-0.25, -0.2) is 4.98 Å². The lowest BCUT2D eigenvalue weighted by Crippen LogP contribution is -2.29. The molecule has 4 heterocycles. The summed E-state index contributed by atoms with van der Waals surface area (Å²) in [6.07, 6.45) is 9.07. The number of furan rings is 1. The van der Waals surface area contributed by atoms with Gasteiger partial charge >= 0.3 is 0 Å². The third-order valence-electron chi connectivity index (χ3n) is 5.20. The van der Waals surface area contributed by atoms with Crippen molar-refractivity contribution >= 4 is 33.3 Å². The number of H-pyrrole nitrogens is 1. The van der Waals surface area contributed by atoms with Crippen molar-refractivity contribution < 1.29 is 4.42 Å². The molecule has 4 heteroatoms. The van der Waals surface area contributed by atoms with Gasteiger partial charge in [0.1, 0.15) is 11.2 Å². The number of aromatic nitrogens is 2. The molecule has 0 bridgehead atoms. The highest BCUT2D eigenvalue weighted by Crippen LogP contribution is 2.31. The minimum atomic E-state index is 0.914. The van der Waals surface area contributed by atoms with Crippen molar-refractivity contribution in [3.8, 4) is 0 Å². The van der Waals surface area contributed by atoms with Gasteiger partial charge in [-0.2, -0.15) is 0 Å². The van der Waals surface area contributed by atoms with Gasteiger partial charge in [-0.3, -0.25) is 0 Å². The highest BCUT2D eigenvalue weighted by atomic mass is 16.3. The highest BCUT2D eigenvalue weighted by molar-refractivity contribution is 5.85. The van der Waals surface area contributed by atoms with E-state index in [2.05, 4.69) is 52.1 Å². The first-order valence-corrected chi connectivity index (χ1v) is 8.64. The van der Waals surface area contributed by atoms with Crippen LogP contribution in [0.25, 0.3) is 27.6 Å². The molecule has 0 fully saturated rings. The molecule has 3 aromatic heterocycles. The lowest BCUT2D eigenvalue weighted by molar-refractivity contribution is 0.616. The zero-order valence-electron chi connectivity index (χ0n) is 14.1. The summed E-state index contributed by atoms with van der Waals surface area (Å²) in [7, 11) is 0. The van der Waals surface area contributed by atoms with Crippen LogP contribution in [0.1, 0.15) is 17.5 Å². The van der Waals surface area contributed by atoms with Crippen LogP contribution in [0.15, 0.2) is 59.5 Å². The predicted molar refractivity (Wildman–Crippen MR) is 102 cm³/mol. The Labute approximate surface area is 145 Å². The molecule has 0 unspecified atom stereocenters. The number of aryl methyl sites for hydroxylation is 1. The van der Waals surface area contributed by atoms with Crippen molar-refractivity contribution in [1.82, 2.24) is 9.97 Å². The molecule has 0 atom stereocenters. The van der Waals surface area contributed by atoms with E-state index < -0.39 is 0 Å². The van der Waals surface area contributed by atoms with Crippen LogP contribution in [0, 0.1) is 6.92 Å². The Balaban J connectivity index is 1.44. The molecule has 4 aromatic rings. The smallest absolute Gasteiger partial charge is 0.137 e. The Morgan fingerprint density at radius 2 is 2.16 bits per heavy atom. The minimum absolute atomic E-state index is 0.914. The van der Waals surface area contributed by atoms with E-state index in [1.165, 1.54) is 33.2 Å². The van der Waals surface area contributed by atoms with E-state index in [9.17, 15) is 0 Å². The third-order valence-corrected chi connectivity index (χ3v) is 5.20. The van der Waals surface area contributed by atoms with Crippen LogP contribution in [0.3, 0.4) is 0 Å². The summed E-state index contributed by atoms with van der Waals surface area (Å²) in [6, 6.07) is 10.6. The molecule has 124 valence electrons. The van der Waals surface area contributed by atoms with Crippen molar-refractivity contribution in [1.29, 1.82) is 0 Å². The Morgan fingerprint density at radius 3 is 3.04 bits per heavy atom. The van der Waals surface area contributed by atoms with Crippen LogP contribution in [0.4, 0.5) is 5.69 Å². The quantitative estimate of drug-likeness (QED) is 0.568. The van der Waals surface area contributed by atoms with E-state index in [4.69, 9.17) is 4.42 Å². The maximum Gasteiger partial charge on any atom is 0.137 e. The van der Waals surface area contributed by atoms with Crippen LogP contribution in [0.2, 0.25) is 0 Å². The number of nitrogens with zero attached hydrogens (tertiary/aromatic N) is 2. The molecule has 0 saturated carbocycles. The van der Waals surface area contributed by atoms with E-state index in [1.54, 1.807) is 6.26 Å². The second kappa shape index (κ2) is 5.52. The Bertz CT molecular complexity index is 1100. The molecule has 0 saturated heterocycles. The standard InChI is InChI=1S/C21H19N3O/c1-14-18-4-8-22-21(18)23-13-19(14)24-9-5-15(6-10-24)16-2-3-20-17(12-16)7-11-25-20/h2-5,7-8,11-13H,6,9-10H2,1H3,(H,22,23). The number of rotatable bonds is 2. The normalized spacial score (nSPS) is 15.1. The molecule has 0 aliphatic carbocycles. The molecular formula is C21H19N3O. The fraction of sp³-hybridized carbons (Fsp3) is 0.190. The maximum atomic E-state index is 5.44. The second-order valence-corrected chi connectivity index (χ2v) is 6.61. The molecule has 0 amide bonds. The first kappa shape index (κ1) is 14.3. The van der Waals surface area contributed by atoms with Gasteiger partial charge in [-0.05, 0) is 54.3 Å². The number of aromatic amines is 1. The number of pyridine rings is 1. The summed E-state index contributed by atoms with van der Waals surface area (Å²) < 4.78 is 5.44. The fourth-order valence-electron chi connectivity index (χ4n) is 3.77. The first-order valence-electron chi connectivity index (χ1n) is 8.64. The summed E-state index contributed by atoms with van der Waals surface area (Å²) in [5.41, 5.74) is 7.14. The lowest BCUT2D eigenvalue weighted by Gasteiger charge is -2.29. The van der Waals surface area contributed by atoms with Gasteiger partial charge in [0.15, 0.2) is 0 Å². The van der Waals surface area contributed by atoms with E-state index in [0.29, 0.717) is 0 Å². The summed E-state index contributed by atoms with van der Waals surface area (Å²) in [6.45, 7) is 4.10. The Hall–Kier alpha value is -3.01. The van der Waals surface area contributed by atoms with Gasteiger partial charge in [0, 0.05) is 30.1 Å². The summed E-state index contributed by atoms with van der Waals surface area (Å²) >= 11 is 0. The van der Waals surface area contributed by atoms with E-state index in [-0.39, 0.29) is 0 Å². The van der Waals surface area contributed by atoms with Crippen molar-refractivity contribution in [3.05, 3.63) is 66.2 Å². The second-order valence-electron chi connectivity index (χ2n) is 6.61. The average molecular weight is 329 g/mol. The monoisotopic (exact) mass is 329 g/mol. The van der Waals surface area contributed by atoms with Crippen molar-refractivity contribution in [3.63, 3.8) is 0 Å². The van der Waals surface area contributed by atoms with Crippen LogP contribution in [-0.4, -0.2) is 23.1 Å².